The molecule has 0 aromatic heterocycles. The molecule has 57 heteroatoms. The van der Waals surface area contributed by atoms with Gasteiger partial charge in [-0.05, 0) is 6.92 Å². The molecule has 51 atom stereocenters. The Labute approximate surface area is 723 Å². The van der Waals surface area contributed by atoms with Crippen molar-refractivity contribution in [2.45, 2.75) is 353 Å². The van der Waals surface area contributed by atoms with Gasteiger partial charge in [0.1, 0.15) is 232 Å². The van der Waals surface area contributed by atoms with Gasteiger partial charge in [-0.1, -0.05) is 0 Å². The first-order valence-corrected chi connectivity index (χ1v) is 40.6. The number of hydrogen-bond donors (Lipinski definition) is 33. The Hall–Kier alpha value is -4.53. The lowest BCUT2D eigenvalue weighted by Gasteiger charge is -2.51. The monoisotopic (exact) mass is 1870 g/mol. The summed E-state index contributed by atoms with van der Waals surface area (Å²) in [4.78, 5) is 64.5. The van der Waals surface area contributed by atoms with E-state index in [1.165, 1.54) is 6.92 Å². The van der Waals surface area contributed by atoms with Crippen molar-refractivity contribution in [3.63, 3.8) is 0 Å². The minimum absolute atomic E-state index is 0.853. The SMILES string of the molecule is CC(=O)N[C@@H]1[C@@H](O)[C@H](O[C@@H]2O[C@H](CO)[C@@H](O[C@@H]3O[C@H](CO[C@H]4O[C@H](CO)[C@@H](O)[C@H](O[C@H]5O[C@H](CO)[C@@H](O)[C@H](O)[C@@H]5O)[C@@H]4O)[C@@H](O)[C@H](O[C@H]4O[C@H](CO)[C@@H](O)[C@H](O)[C@@H]4O[C@@H]4O[C@H](CO)[C@@H](O[C@@H]5O[C@H](CO)[C@H](O)[C@H](O[C@]6(C(=O)O)C[C@H](O)[C@@H](NC(C)=O)[C@H]([C@H](O)[C@H](O)CO)O6)[C@H]5O)[C@H](O)[C@H]4NC(C)=O)[C@@H]3O)[C@H](O)[C@H]2NC(C)=O)[C@@H](CO[C@H]2O[C@H](C)[C@H](O)[C@H](O)[C@H]2O)O[C@@H]1O. The van der Waals surface area contributed by atoms with E-state index in [4.69, 9.17) is 90.0 Å². The standard InChI is InChI=1S/C71H118N4O53/c1-16-35(89)45(99)48(102)64(112-16)111-15-30-55(42(96)32(61(107)113-30)73-18(3)84)121-62-33(74-19(4)85)43(97)53(27(12-81)118-62)122-67-51(105)58(41(95)29(120-67)14-110-65-50(104)57(39(93)25(10-79)114-65)124-66-49(103)46(100)37(91)23(8-77)115-66)125-69-60(47(101)38(92)24(9-78)117-69)126-63-34(75-20(5)86)44(98)54(28(13-82)119-63)123-68-52(106)59(40(94)26(11-80)116-68)128-71(70(108)109)6-21(87)31(72-17(2)83)56(127-71)36(90)22(88)7-76/h16,21-69,76-82,87-107H,6-15H2,1-5H3,(H,72,83)(H,73,84)(H,74,85)(H,75,86)(H,108,109)/t16-,21+,22-,23-,24-,25-,26-,27-,28-,29-,30-,31-,32-,33-,34-,35+,36-,37-,38-,39-,40+,41-,42-,43-,44-,45+,46+,47+,48-,49+,50+,51+,52-,53-,54-,55-,56-,57+,58+,59+,60+,61+,62+,63+,64+,65+,66-,67+,68+,69-,71+/m1/s1. The summed E-state index contributed by atoms with van der Waals surface area (Å²) < 4.78 is 112. The van der Waals surface area contributed by atoms with Crippen LogP contribution in [0.3, 0.4) is 0 Å². The van der Waals surface area contributed by atoms with Crippen molar-refractivity contribution in [2.24, 2.45) is 0 Å². The number of aliphatic carboxylic acids is 1. The van der Waals surface area contributed by atoms with E-state index in [0.717, 1.165) is 27.7 Å². The van der Waals surface area contributed by atoms with Crippen molar-refractivity contribution in [3.8, 4) is 0 Å². The van der Waals surface area contributed by atoms with E-state index in [2.05, 4.69) is 21.3 Å². The Morgan fingerprint density at radius 3 is 1.17 bits per heavy atom. The van der Waals surface area contributed by atoms with Crippen LogP contribution in [0.5, 0.6) is 0 Å². The highest BCUT2D eigenvalue weighted by Crippen LogP contribution is 2.43. The molecule has 10 aliphatic heterocycles. The quantitative estimate of drug-likeness (QED) is 0.0284. The molecule has 0 aromatic carbocycles. The van der Waals surface area contributed by atoms with Crippen molar-refractivity contribution in [1.29, 1.82) is 0 Å². The van der Waals surface area contributed by atoms with Gasteiger partial charge in [0, 0.05) is 34.1 Å². The number of carbonyl (C=O) groups is 5. The Balaban J connectivity index is 0.956. The zero-order valence-electron chi connectivity index (χ0n) is 68.7. The molecular weight excluding hydrogens is 1760 g/mol. The number of aliphatic hydroxyl groups is 28. The maximum atomic E-state index is 13.3. The number of ether oxygens (including phenoxy) is 19. The van der Waals surface area contributed by atoms with Crippen LogP contribution in [0.4, 0.5) is 0 Å². The number of hydrogen-bond acceptors (Lipinski definition) is 52. The van der Waals surface area contributed by atoms with Gasteiger partial charge in [-0.3, -0.25) is 19.2 Å². The van der Waals surface area contributed by atoms with Crippen LogP contribution in [-0.4, -0.2) is 550 Å². The predicted octanol–water partition coefficient (Wildman–Crippen LogP) is -22.0. The van der Waals surface area contributed by atoms with Crippen LogP contribution < -0.4 is 21.3 Å². The van der Waals surface area contributed by atoms with Crippen molar-refractivity contribution in [1.82, 2.24) is 21.3 Å². The molecule has 33 N–H and O–H groups in total. The molecule has 740 valence electrons. The summed E-state index contributed by atoms with van der Waals surface area (Å²) >= 11 is 0. The Morgan fingerprint density at radius 2 is 0.680 bits per heavy atom. The van der Waals surface area contributed by atoms with Crippen molar-refractivity contribution < 1.29 is 262 Å². The van der Waals surface area contributed by atoms with Crippen molar-refractivity contribution in [2.75, 3.05) is 59.5 Å². The Kier molecular flexibility index (Phi) is 37.4. The largest absolute Gasteiger partial charge is 0.477 e. The lowest BCUT2D eigenvalue weighted by molar-refractivity contribution is -0.400. The number of aliphatic hydroxyl groups excluding tert-OH is 28. The first kappa shape index (κ1) is 106. The lowest BCUT2D eigenvalue weighted by atomic mass is 9.88. The summed E-state index contributed by atoms with van der Waals surface area (Å²) in [7, 11) is 0. The zero-order valence-corrected chi connectivity index (χ0v) is 68.7. The Morgan fingerprint density at radius 1 is 0.336 bits per heavy atom. The summed E-state index contributed by atoms with van der Waals surface area (Å²) in [6, 6.07) is -7.70. The molecule has 0 radical (unpaired) electrons. The van der Waals surface area contributed by atoms with Gasteiger partial charge in [0.05, 0.1) is 77.7 Å². The smallest absolute Gasteiger partial charge is 0.364 e. The molecule has 10 saturated heterocycles. The fraction of sp³-hybridized carbons (Fsp3) is 0.930. The highest BCUT2D eigenvalue weighted by molar-refractivity contribution is 5.77. The van der Waals surface area contributed by atoms with Crippen LogP contribution in [0.2, 0.25) is 0 Å². The third-order valence-electron chi connectivity index (χ3n) is 23.4. The van der Waals surface area contributed by atoms with Crippen LogP contribution in [0.25, 0.3) is 0 Å². The molecule has 0 aliphatic carbocycles. The van der Waals surface area contributed by atoms with E-state index in [9.17, 15) is 172 Å². The highest BCUT2D eigenvalue weighted by atomic mass is 16.8. The fourth-order valence-electron chi connectivity index (χ4n) is 16.5. The second-order valence-corrected chi connectivity index (χ2v) is 32.4. The maximum Gasteiger partial charge on any atom is 0.364 e. The molecular formula is C71H118N4O53. The molecule has 0 aromatic rings. The van der Waals surface area contributed by atoms with Gasteiger partial charge in [-0.25, -0.2) is 4.79 Å². The van der Waals surface area contributed by atoms with Gasteiger partial charge in [-0.15, -0.1) is 0 Å². The van der Waals surface area contributed by atoms with E-state index < -0.39 is 408 Å². The Bertz CT molecular complexity index is 3530. The van der Waals surface area contributed by atoms with Gasteiger partial charge < -0.3 is 259 Å². The average Bonchev–Trinajstić information content (AvgIpc) is 0.752. The number of nitrogens with one attached hydrogen (secondary N) is 4. The second-order valence-electron chi connectivity index (χ2n) is 32.4. The van der Waals surface area contributed by atoms with E-state index in [-0.39, 0.29) is 0 Å². The number of carboxylic acid groups (broad SMARTS) is 1. The number of carbonyl (C=O) groups excluding carboxylic acids is 4. The van der Waals surface area contributed by atoms with E-state index in [1.54, 1.807) is 0 Å². The number of carboxylic acids is 1. The maximum absolute atomic E-state index is 13.3. The molecule has 57 nitrogen and oxygen atoms in total. The zero-order chi connectivity index (χ0) is 94.6. The van der Waals surface area contributed by atoms with Crippen LogP contribution in [0.1, 0.15) is 41.0 Å². The number of amides is 4. The topological polar surface area (TPSA) is 896 Å². The van der Waals surface area contributed by atoms with Crippen molar-refractivity contribution >= 4 is 29.6 Å². The third kappa shape index (κ3) is 23.1. The third-order valence-corrected chi connectivity index (χ3v) is 23.4. The van der Waals surface area contributed by atoms with Crippen molar-refractivity contribution in [3.05, 3.63) is 0 Å². The van der Waals surface area contributed by atoms with Crippen LogP contribution in [-0.2, 0) is 114 Å². The lowest BCUT2D eigenvalue weighted by Crippen LogP contribution is -2.71. The fourth-order valence-corrected chi connectivity index (χ4v) is 16.5. The molecule has 4 amide bonds. The average molecular weight is 1880 g/mol. The van der Waals surface area contributed by atoms with Gasteiger partial charge in [0.15, 0.2) is 56.6 Å². The molecule has 10 rings (SSSR count). The van der Waals surface area contributed by atoms with Crippen LogP contribution >= 0.6 is 0 Å². The highest BCUT2D eigenvalue weighted by Gasteiger charge is 2.64. The minimum Gasteiger partial charge on any atom is -0.477 e. The minimum atomic E-state index is -3.32. The first-order chi connectivity index (χ1) is 60.3. The van der Waals surface area contributed by atoms with E-state index in [1.807, 2.05) is 0 Å². The second kappa shape index (κ2) is 45.4. The summed E-state index contributed by atoms with van der Waals surface area (Å²) in [6.45, 7) is -5.48. The molecule has 0 bridgehead atoms. The molecule has 0 saturated carbocycles. The van der Waals surface area contributed by atoms with E-state index >= 15 is 0 Å². The van der Waals surface area contributed by atoms with Crippen LogP contribution in [0, 0.1) is 0 Å². The van der Waals surface area contributed by atoms with Gasteiger partial charge >= 0.3 is 5.97 Å². The normalized spacial score (nSPS) is 48.4. The summed E-state index contributed by atoms with van der Waals surface area (Å²) in [6.07, 6.45) is -100. The summed E-state index contributed by atoms with van der Waals surface area (Å²) in [5.74, 6) is -9.30. The van der Waals surface area contributed by atoms with Gasteiger partial charge in [0.25, 0.3) is 5.79 Å². The van der Waals surface area contributed by atoms with Gasteiger partial charge in [-0.2, -0.15) is 0 Å². The molecule has 10 aliphatic rings. The molecule has 128 heavy (non-hydrogen) atoms. The molecule has 10 heterocycles. The van der Waals surface area contributed by atoms with Crippen LogP contribution in [0.15, 0.2) is 0 Å². The predicted molar refractivity (Wildman–Crippen MR) is 392 cm³/mol. The molecule has 0 spiro atoms. The van der Waals surface area contributed by atoms with Gasteiger partial charge in [0.2, 0.25) is 23.6 Å². The molecule has 0 unspecified atom stereocenters. The summed E-state index contributed by atoms with van der Waals surface area (Å²) in [5, 5.41) is 333. The first-order valence-electron chi connectivity index (χ1n) is 40.6. The molecule has 10 fully saturated rings. The number of rotatable bonds is 34. The summed E-state index contributed by atoms with van der Waals surface area (Å²) in [5.41, 5.74) is 0. The van der Waals surface area contributed by atoms with E-state index in [0.29, 0.717) is 0 Å².